The average Bonchev–Trinajstić information content (AvgIpc) is 3.14. The normalized spacial score (nSPS) is 13.8. The van der Waals surface area contributed by atoms with E-state index in [0.717, 1.165) is 39.0 Å². The van der Waals surface area contributed by atoms with E-state index < -0.39 is 10.0 Å². The highest BCUT2D eigenvalue weighted by Crippen LogP contribution is 2.32. The number of nitrogens with zero attached hydrogens (tertiary/aromatic N) is 3. The average molecular weight is 424 g/mol. The van der Waals surface area contributed by atoms with Gasteiger partial charge in [0.15, 0.2) is 0 Å². The molecule has 0 N–H and O–H groups in total. The van der Waals surface area contributed by atoms with Crippen LogP contribution in [0.3, 0.4) is 0 Å². The van der Waals surface area contributed by atoms with Gasteiger partial charge in [-0.3, -0.25) is 9.78 Å². The molecule has 4 rings (SSSR count). The van der Waals surface area contributed by atoms with Gasteiger partial charge in [0.25, 0.3) is 0 Å². The monoisotopic (exact) mass is 423 g/mol. The summed E-state index contributed by atoms with van der Waals surface area (Å²) in [5, 5.41) is 1.06. The number of sulfonamides is 1. The highest BCUT2D eigenvalue weighted by atomic mass is 32.2. The van der Waals surface area contributed by atoms with Gasteiger partial charge in [0, 0.05) is 37.4 Å². The first-order chi connectivity index (χ1) is 14.2. The Labute approximate surface area is 177 Å². The smallest absolute Gasteiger partial charge is 0.242 e. The zero-order chi connectivity index (χ0) is 21.6. The van der Waals surface area contributed by atoms with Crippen molar-refractivity contribution in [2.75, 3.05) is 25.5 Å². The highest BCUT2D eigenvalue weighted by molar-refractivity contribution is 7.89. The summed E-state index contributed by atoms with van der Waals surface area (Å²) in [4.78, 5) is 19.9. The van der Waals surface area contributed by atoms with E-state index >= 15 is 0 Å². The third-order valence-electron chi connectivity index (χ3n) is 5.84. The molecule has 0 saturated carbocycles. The molecule has 30 heavy (non-hydrogen) atoms. The van der Waals surface area contributed by atoms with Crippen molar-refractivity contribution in [3.05, 3.63) is 64.8 Å². The third-order valence-corrected chi connectivity index (χ3v) is 7.65. The fourth-order valence-electron chi connectivity index (χ4n) is 4.09. The van der Waals surface area contributed by atoms with Crippen molar-refractivity contribution in [2.24, 2.45) is 0 Å². The van der Waals surface area contributed by atoms with Crippen LogP contribution in [0.1, 0.15) is 22.4 Å². The Kier molecular flexibility index (Phi) is 5.11. The molecular formula is C23H25N3O3S. The predicted molar refractivity (Wildman–Crippen MR) is 118 cm³/mol. The molecule has 3 aromatic rings. The molecule has 156 valence electrons. The van der Waals surface area contributed by atoms with Gasteiger partial charge in [0.2, 0.25) is 15.9 Å². The van der Waals surface area contributed by atoms with Crippen LogP contribution in [0.4, 0.5) is 5.69 Å². The first-order valence-electron chi connectivity index (χ1n) is 9.91. The van der Waals surface area contributed by atoms with Crippen LogP contribution in [0.15, 0.2) is 47.4 Å². The Morgan fingerprint density at radius 3 is 2.60 bits per heavy atom. The van der Waals surface area contributed by atoms with E-state index in [0.29, 0.717) is 13.0 Å². The first kappa shape index (κ1) is 20.5. The van der Waals surface area contributed by atoms with Gasteiger partial charge in [0.05, 0.1) is 16.8 Å². The number of amides is 1. The second-order valence-electron chi connectivity index (χ2n) is 7.87. The number of fused-ring (bicyclic) bond motifs is 2. The quantitative estimate of drug-likeness (QED) is 0.646. The Hall–Kier alpha value is -2.77. The van der Waals surface area contributed by atoms with Gasteiger partial charge in [0.1, 0.15) is 0 Å². The summed E-state index contributed by atoms with van der Waals surface area (Å²) in [6.07, 6.45) is 0.915. The van der Waals surface area contributed by atoms with Crippen LogP contribution in [0.25, 0.3) is 10.9 Å². The number of aryl methyl sites for hydroxylation is 2. The predicted octanol–water partition coefficient (Wildman–Crippen LogP) is 3.23. The lowest BCUT2D eigenvalue weighted by atomic mass is 9.99. The van der Waals surface area contributed by atoms with E-state index in [2.05, 4.69) is 4.98 Å². The fraction of sp³-hybridized carbons (Fsp3) is 0.304. The van der Waals surface area contributed by atoms with Gasteiger partial charge in [-0.25, -0.2) is 12.7 Å². The Bertz CT molecular complexity index is 1270. The Balaban J connectivity index is 1.64. The van der Waals surface area contributed by atoms with Crippen LogP contribution in [0.2, 0.25) is 0 Å². The molecule has 0 atom stereocenters. The highest BCUT2D eigenvalue weighted by Gasteiger charge is 2.28. The molecular weight excluding hydrogens is 398 g/mol. The molecule has 1 aromatic heterocycles. The van der Waals surface area contributed by atoms with E-state index in [9.17, 15) is 13.2 Å². The maximum atomic E-state index is 13.2. The van der Waals surface area contributed by atoms with Crippen LogP contribution in [-0.2, 0) is 27.7 Å². The molecule has 2 aromatic carbocycles. The number of pyridine rings is 1. The van der Waals surface area contributed by atoms with Gasteiger partial charge >= 0.3 is 0 Å². The first-order valence-corrected chi connectivity index (χ1v) is 11.3. The minimum Gasteiger partial charge on any atom is -0.312 e. The molecule has 0 spiro atoms. The molecule has 0 saturated heterocycles. The van der Waals surface area contributed by atoms with Crippen molar-refractivity contribution in [1.29, 1.82) is 0 Å². The van der Waals surface area contributed by atoms with Crippen molar-refractivity contribution < 1.29 is 13.2 Å². The van der Waals surface area contributed by atoms with Gasteiger partial charge in [-0.1, -0.05) is 18.2 Å². The second-order valence-corrected chi connectivity index (χ2v) is 10.0. The summed E-state index contributed by atoms with van der Waals surface area (Å²) in [7, 11) is -0.466. The van der Waals surface area contributed by atoms with Gasteiger partial charge < -0.3 is 4.90 Å². The summed E-state index contributed by atoms with van der Waals surface area (Å²) in [5.41, 5.74) is 5.52. The lowest BCUT2D eigenvalue weighted by Crippen LogP contribution is -2.31. The zero-order valence-corrected chi connectivity index (χ0v) is 18.5. The largest absolute Gasteiger partial charge is 0.312 e. The summed E-state index contributed by atoms with van der Waals surface area (Å²) in [6, 6.07) is 13.0. The number of anilines is 1. The van der Waals surface area contributed by atoms with Crippen molar-refractivity contribution in [3.8, 4) is 0 Å². The number of carbonyl (C=O) groups excluding carboxylic acids is 1. The molecule has 6 nitrogen and oxygen atoms in total. The van der Waals surface area contributed by atoms with E-state index in [-0.39, 0.29) is 17.2 Å². The molecule has 1 amide bonds. The SMILES string of the molecule is Cc1nc2ccccc2c(C)c1CC(=O)N1CCc2cc(S(=O)(=O)N(C)C)ccc21. The summed E-state index contributed by atoms with van der Waals surface area (Å²) < 4.78 is 26.0. The van der Waals surface area contributed by atoms with Crippen LogP contribution in [-0.4, -0.2) is 44.3 Å². The van der Waals surface area contributed by atoms with Crippen molar-refractivity contribution in [3.63, 3.8) is 0 Å². The van der Waals surface area contributed by atoms with Gasteiger partial charge in [-0.2, -0.15) is 0 Å². The molecule has 2 heterocycles. The van der Waals surface area contributed by atoms with E-state index in [4.69, 9.17) is 0 Å². The van der Waals surface area contributed by atoms with Gasteiger partial charge in [-0.15, -0.1) is 0 Å². The van der Waals surface area contributed by atoms with Crippen LogP contribution >= 0.6 is 0 Å². The molecule has 1 aliphatic rings. The number of carbonyl (C=O) groups is 1. The zero-order valence-electron chi connectivity index (χ0n) is 17.6. The number of para-hydroxylation sites is 1. The van der Waals surface area contributed by atoms with Crippen molar-refractivity contribution in [1.82, 2.24) is 9.29 Å². The molecule has 0 aliphatic carbocycles. The molecule has 0 unspecified atom stereocenters. The number of rotatable bonds is 4. The molecule has 0 fully saturated rings. The number of aromatic nitrogens is 1. The van der Waals surface area contributed by atoms with Gasteiger partial charge in [-0.05, 0) is 61.2 Å². The van der Waals surface area contributed by atoms with Crippen LogP contribution in [0.5, 0.6) is 0 Å². The molecule has 1 aliphatic heterocycles. The second kappa shape index (κ2) is 7.49. The third kappa shape index (κ3) is 3.38. The lowest BCUT2D eigenvalue weighted by molar-refractivity contribution is -0.117. The molecule has 0 bridgehead atoms. The van der Waals surface area contributed by atoms with Crippen molar-refractivity contribution >= 4 is 32.5 Å². The van der Waals surface area contributed by atoms with Crippen LogP contribution in [0, 0.1) is 13.8 Å². The maximum Gasteiger partial charge on any atom is 0.242 e. The molecule has 7 heteroatoms. The van der Waals surface area contributed by atoms with Crippen LogP contribution < -0.4 is 4.90 Å². The van der Waals surface area contributed by atoms with E-state index in [1.807, 2.05) is 38.1 Å². The van der Waals surface area contributed by atoms with E-state index in [1.54, 1.807) is 23.1 Å². The van der Waals surface area contributed by atoms with E-state index in [1.165, 1.54) is 18.4 Å². The minimum atomic E-state index is -3.50. The molecule has 0 radical (unpaired) electrons. The van der Waals surface area contributed by atoms with Crippen molar-refractivity contribution in [2.45, 2.75) is 31.6 Å². The minimum absolute atomic E-state index is 0.000229. The number of hydrogen-bond donors (Lipinski definition) is 0. The summed E-state index contributed by atoms with van der Waals surface area (Å²) >= 11 is 0. The maximum absolute atomic E-state index is 13.2. The fourth-order valence-corrected chi connectivity index (χ4v) is 5.04. The standard InChI is InChI=1S/C23H25N3O3S/c1-15-19-7-5-6-8-21(19)24-16(2)20(15)14-23(27)26-12-11-17-13-18(9-10-22(17)26)30(28,29)25(3)4/h5-10,13H,11-12,14H2,1-4H3. The number of benzene rings is 2. The Morgan fingerprint density at radius 1 is 1.13 bits per heavy atom. The topological polar surface area (TPSA) is 70.6 Å². The number of hydrogen-bond acceptors (Lipinski definition) is 4. The summed E-state index contributed by atoms with van der Waals surface area (Å²) in [5.74, 6) is 0.000229. The summed E-state index contributed by atoms with van der Waals surface area (Å²) in [6.45, 7) is 4.53. The lowest BCUT2D eigenvalue weighted by Gasteiger charge is -2.20. The Morgan fingerprint density at radius 2 is 1.87 bits per heavy atom.